The number of carboxylic acid groups (broad SMARTS) is 1. The molecule has 2 fully saturated rings. The standard InChI is InChI=1S/C16H27NO3/c1-16(2,3)17(7-6-15(19)20)14(18)10-13-9-11-4-5-12(13)8-11/h11-13H,4-10H2,1-3H3,(H,19,20). The van der Waals surface area contributed by atoms with E-state index in [1.807, 2.05) is 20.8 Å². The summed E-state index contributed by atoms with van der Waals surface area (Å²) in [5.74, 6) is 1.42. The molecule has 2 aliphatic rings. The van der Waals surface area contributed by atoms with Crippen LogP contribution in [0.2, 0.25) is 0 Å². The summed E-state index contributed by atoms with van der Waals surface area (Å²) in [5, 5.41) is 8.84. The van der Waals surface area contributed by atoms with Crippen molar-refractivity contribution in [2.24, 2.45) is 17.8 Å². The number of hydrogen-bond donors (Lipinski definition) is 1. The van der Waals surface area contributed by atoms with Gasteiger partial charge in [-0.15, -0.1) is 0 Å². The van der Waals surface area contributed by atoms with E-state index in [2.05, 4.69) is 0 Å². The van der Waals surface area contributed by atoms with Crippen LogP contribution in [-0.2, 0) is 9.59 Å². The summed E-state index contributed by atoms with van der Waals surface area (Å²) in [4.78, 5) is 25.1. The summed E-state index contributed by atoms with van der Waals surface area (Å²) in [6.45, 7) is 6.26. The molecule has 1 N–H and O–H groups in total. The van der Waals surface area contributed by atoms with Crippen molar-refractivity contribution in [1.82, 2.24) is 4.90 Å². The quantitative estimate of drug-likeness (QED) is 0.843. The Kier molecular flexibility index (Phi) is 4.40. The second-order valence-corrected chi connectivity index (χ2v) is 7.50. The SMILES string of the molecule is CC(C)(C)N(CCC(=O)O)C(=O)CC1CC2CCC1C2. The number of carboxylic acids is 1. The normalized spacial score (nSPS) is 28.6. The largest absolute Gasteiger partial charge is 0.481 e. The number of aliphatic carboxylic acids is 1. The highest BCUT2D eigenvalue weighted by Gasteiger charge is 2.41. The van der Waals surface area contributed by atoms with Crippen LogP contribution in [0.15, 0.2) is 0 Å². The summed E-state index contributed by atoms with van der Waals surface area (Å²) >= 11 is 0. The highest BCUT2D eigenvalue weighted by atomic mass is 16.4. The molecule has 2 aliphatic carbocycles. The fraction of sp³-hybridized carbons (Fsp3) is 0.875. The number of carbonyl (C=O) groups excluding carboxylic acids is 1. The van der Waals surface area contributed by atoms with Gasteiger partial charge in [0.25, 0.3) is 0 Å². The Balaban J connectivity index is 1.94. The first-order valence-electron chi connectivity index (χ1n) is 7.79. The summed E-state index contributed by atoms with van der Waals surface area (Å²) in [6, 6.07) is 0. The predicted octanol–water partition coefficient (Wildman–Crippen LogP) is 2.91. The van der Waals surface area contributed by atoms with E-state index in [0.717, 1.165) is 11.8 Å². The fourth-order valence-electron chi connectivity index (χ4n) is 4.00. The van der Waals surface area contributed by atoms with Gasteiger partial charge in [0.1, 0.15) is 0 Å². The molecule has 114 valence electrons. The van der Waals surface area contributed by atoms with Crippen molar-refractivity contribution in [2.45, 2.75) is 64.8 Å². The topological polar surface area (TPSA) is 57.6 Å². The minimum absolute atomic E-state index is 0.0275. The lowest BCUT2D eigenvalue weighted by Gasteiger charge is -2.37. The van der Waals surface area contributed by atoms with Crippen molar-refractivity contribution < 1.29 is 14.7 Å². The maximum atomic E-state index is 12.6. The number of nitrogens with zero attached hydrogens (tertiary/aromatic N) is 1. The van der Waals surface area contributed by atoms with Crippen molar-refractivity contribution in [1.29, 1.82) is 0 Å². The van der Waals surface area contributed by atoms with Crippen LogP contribution in [0.4, 0.5) is 0 Å². The van der Waals surface area contributed by atoms with Gasteiger partial charge in [-0.1, -0.05) is 6.42 Å². The summed E-state index contributed by atoms with van der Waals surface area (Å²) in [5.41, 5.74) is -0.301. The van der Waals surface area contributed by atoms with E-state index in [9.17, 15) is 9.59 Å². The number of amides is 1. The monoisotopic (exact) mass is 281 g/mol. The molecular weight excluding hydrogens is 254 g/mol. The molecule has 0 saturated heterocycles. The highest BCUT2D eigenvalue weighted by Crippen LogP contribution is 2.49. The Morgan fingerprint density at radius 2 is 1.90 bits per heavy atom. The first-order valence-corrected chi connectivity index (χ1v) is 7.79. The van der Waals surface area contributed by atoms with Gasteiger partial charge in [0.2, 0.25) is 5.91 Å². The van der Waals surface area contributed by atoms with Crippen LogP contribution in [0.5, 0.6) is 0 Å². The Morgan fingerprint density at radius 1 is 1.20 bits per heavy atom. The van der Waals surface area contributed by atoms with Gasteiger partial charge >= 0.3 is 5.97 Å². The van der Waals surface area contributed by atoms with Crippen LogP contribution in [0.3, 0.4) is 0 Å². The first kappa shape index (κ1) is 15.3. The van der Waals surface area contributed by atoms with E-state index in [-0.39, 0.29) is 17.9 Å². The molecule has 0 heterocycles. The van der Waals surface area contributed by atoms with Crippen molar-refractivity contribution in [2.75, 3.05) is 6.54 Å². The number of fused-ring (bicyclic) bond motifs is 2. The van der Waals surface area contributed by atoms with Gasteiger partial charge in [-0.3, -0.25) is 9.59 Å². The molecule has 1 amide bonds. The third kappa shape index (κ3) is 3.53. The van der Waals surface area contributed by atoms with Gasteiger partial charge in [-0.25, -0.2) is 0 Å². The molecule has 3 atom stereocenters. The van der Waals surface area contributed by atoms with Crippen LogP contribution in [0, 0.1) is 17.8 Å². The van der Waals surface area contributed by atoms with Gasteiger partial charge in [0, 0.05) is 18.5 Å². The minimum Gasteiger partial charge on any atom is -0.481 e. The Hall–Kier alpha value is -1.06. The molecule has 2 bridgehead atoms. The minimum atomic E-state index is -0.841. The van der Waals surface area contributed by atoms with E-state index in [0.29, 0.717) is 18.9 Å². The lowest BCUT2D eigenvalue weighted by molar-refractivity contribution is -0.141. The second kappa shape index (κ2) is 5.74. The molecule has 0 aromatic rings. The van der Waals surface area contributed by atoms with E-state index in [1.165, 1.54) is 25.7 Å². The lowest BCUT2D eigenvalue weighted by Crippen LogP contribution is -2.47. The van der Waals surface area contributed by atoms with E-state index in [1.54, 1.807) is 4.90 Å². The van der Waals surface area contributed by atoms with Crippen LogP contribution >= 0.6 is 0 Å². The number of carbonyl (C=O) groups is 2. The van der Waals surface area contributed by atoms with Gasteiger partial charge < -0.3 is 10.0 Å². The van der Waals surface area contributed by atoms with Crippen LogP contribution in [0.1, 0.15) is 59.3 Å². The smallest absolute Gasteiger partial charge is 0.305 e. The van der Waals surface area contributed by atoms with Crippen LogP contribution in [0.25, 0.3) is 0 Å². The first-order chi connectivity index (χ1) is 9.27. The second-order valence-electron chi connectivity index (χ2n) is 7.50. The zero-order chi connectivity index (χ0) is 14.9. The summed E-state index contributed by atoms with van der Waals surface area (Å²) in [6.07, 6.45) is 5.78. The Bertz CT molecular complexity index is 386. The van der Waals surface area contributed by atoms with Crippen molar-refractivity contribution in [3.8, 4) is 0 Å². The molecular formula is C16H27NO3. The van der Waals surface area contributed by atoms with Crippen molar-refractivity contribution >= 4 is 11.9 Å². The number of rotatable bonds is 5. The Morgan fingerprint density at radius 3 is 2.35 bits per heavy atom. The zero-order valence-electron chi connectivity index (χ0n) is 12.9. The maximum absolute atomic E-state index is 12.6. The average Bonchev–Trinajstić information content (AvgIpc) is 2.88. The lowest BCUT2D eigenvalue weighted by atomic mass is 9.85. The predicted molar refractivity (Wildman–Crippen MR) is 77.3 cm³/mol. The third-order valence-corrected chi connectivity index (χ3v) is 4.98. The highest BCUT2D eigenvalue weighted by molar-refractivity contribution is 5.78. The average molecular weight is 281 g/mol. The molecule has 20 heavy (non-hydrogen) atoms. The van der Waals surface area contributed by atoms with E-state index >= 15 is 0 Å². The zero-order valence-corrected chi connectivity index (χ0v) is 12.9. The van der Waals surface area contributed by atoms with E-state index < -0.39 is 5.97 Å². The molecule has 2 rings (SSSR count). The molecule has 0 aliphatic heterocycles. The third-order valence-electron chi connectivity index (χ3n) is 4.98. The molecule has 3 unspecified atom stereocenters. The van der Waals surface area contributed by atoms with Gasteiger partial charge in [-0.05, 0) is 57.8 Å². The van der Waals surface area contributed by atoms with Crippen molar-refractivity contribution in [3.63, 3.8) is 0 Å². The maximum Gasteiger partial charge on any atom is 0.305 e. The molecule has 0 radical (unpaired) electrons. The summed E-state index contributed by atoms with van der Waals surface area (Å²) in [7, 11) is 0. The van der Waals surface area contributed by atoms with Crippen LogP contribution < -0.4 is 0 Å². The molecule has 0 aromatic carbocycles. The van der Waals surface area contributed by atoms with Crippen molar-refractivity contribution in [3.05, 3.63) is 0 Å². The number of hydrogen-bond acceptors (Lipinski definition) is 2. The summed E-state index contributed by atoms with van der Waals surface area (Å²) < 4.78 is 0. The van der Waals surface area contributed by atoms with Crippen LogP contribution in [-0.4, -0.2) is 34.0 Å². The molecule has 0 spiro atoms. The van der Waals surface area contributed by atoms with E-state index in [4.69, 9.17) is 5.11 Å². The molecule has 2 saturated carbocycles. The fourth-order valence-corrected chi connectivity index (χ4v) is 4.00. The van der Waals surface area contributed by atoms with Gasteiger partial charge in [0.15, 0.2) is 0 Å². The molecule has 4 nitrogen and oxygen atoms in total. The van der Waals surface area contributed by atoms with Gasteiger partial charge in [0.05, 0.1) is 6.42 Å². The van der Waals surface area contributed by atoms with Gasteiger partial charge in [-0.2, -0.15) is 0 Å². The Labute approximate surface area is 121 Å². The molecule has 4 heteroatoms. The molecule has 0 aromatic heterocycles.